The zero-order valence-electron chi connectivity index (χ0n) is 16.9. The van der Waals surface area contributed by atoms with E-state index >= 15 is 0 Å². The third kappa shape index (κ3) is 3.20. The topological polar surface area (TPSA) is 71.1 Å². The van der Waals surface area contributed by atoms with E-state index in [9.17, 15) is 9.59 Å². The van der Waals surface area contributed by atoms with Crippen molar-refractivity contribution in [2.24, 2.45) is 11.8 Å². The lowest BCUT2D eigenvalue weighted by molar-refractivity contribution is -0.119. The number of rotatable bonds is 4. The Morgan fingerprint density at radius 3 is 2.83 bits per heavy atom. The van der Waals surface area contributed by atoms with Crippen molar-refractivity contribution in [3.8, 4) is 0 Å². The maximum atomic E-state index is 13.5. The van der Waals surface area contributed by atoms with Crippen LogP contribution < -0.4 is 10.2 Å². The van der Waals surface area contributed by atoms with E-state index in [0.29, 0.717) is 44.7 Å². The number of benzene rings is 1. The zero-order chi connectivity index (χ0) is 20.0. The van der Waals surface area contributed by atoms with Gasteiger partial charge in [-0.05, 0) is 25.0 Å². The van der Waals surface area contributed by atoms with E-state index in [-0.39, 0.29) is 23.5 Å². The minimum absolute atomic E-state index is 0.00723. The fourth-order valence-corrected chi connectivity index (χ4v) is 5.78. The predicted octanol–water partition coefficient (Wildman–Crippen LogP) is 1.28. The van der Waals surface area contributed by atoms with Crippen LogP contribution in [0.1, 0.15) is 30.1 Å². The third-order valence-electron chi connectivity index (χ3n) is 7.14. The van der Waals surface area contributed by atoms with Gasteiger partial charge in [-0.15, -0.1) is 0 Å². The Morgan fingerprint density at radius 2 is 2.03 bits per heavy atom. The molecule has 1 aromatic rings. The summed E-state index contributed by atoms with van der Waals surface area (Å²) < 4.78 is 11.9. The van der Waals surface area contributed by atoms with Crippen LogP contribution in [-0.2, 0) is 14.3 Å². The molecular weight excluding hydrogens is 370 g/mol. The summed E-state index contributed by atoms with van der Waals surface area (Å²) in [4.78, 5) is 29.2. The van der Waals surface area contributed by atoms with Crippen molar-refractivity contribution in [2.75, 3.05) is 50.8 Å². The predicted molar refractivity (Wildman–Crippen MR) is 108 cm³/mol. The van der Waals surface area contributed by atoms with Crippen LogP contribution in [0.5, 0.6) is 0 Å². The molecule has 2 amide bonds. The van der Waals surface area contributed by atoms with Gasteiger partial charge in [0.2, 0.25) is 5.91 Å². The molecule has 1 spiro atoms. The van der Waals surface area contributed by atoms with Crippen LogP contribution in [0.2, 0.25) is 0 Å². The van der Waals surface area contributed by atoms with Gasteiger partial charge in [0.15, 0.2) is 0 Å². The lowest BCUT2D eigenvalue weighted by Gasteiger charge is -2.31. The number of fused-ring (bicyclic) bond motifs is 1. The van der Waals surface area contributed by atoms with E-state index in [1.165, 1.54) is 0 Å². The highest BCUT2D eigenvalue weighted by atomic mass is 16.5. The van der Waals surface area contributed by atoms with E-state index in [1.54, 1.807) is 6.92 Å². The van der Waals surface area contributed by atoms with Gasteiger partial charge in [0.1, 0.15) is 0 Å². The second kappa shape index (κ2) is 7.29. The largest absolute Gasteiger partial charge is 0.378 e. The molecule has 7 nitrogen and oxygen atoms in total. The molecule has 4 heterocycles. The van der Waals surface area contributed by atoms with Crippen LogP contribution in [0.25, 0.3) is 0 Å². The summed E-state index contributed by atoms with van der Waals surface area (Å²) >= 11 is 0. The maximum absolute atomic E-state index is 13.5. The molecule has 2 bridgehead atoms. The Bertz CT molecular complexity index is 809. The molecule has 4 aliphatic heterocycles. The van der Waals surface area contributed by atoms with Gasteiger partial charge in [-0.2, -0.15) is 0 Å². The van der Waals surface area contributed by atoms with Crippen molar-refractivity contribution in [2.45, 2.75) is 31.5 Å². The summed E-state index contributed by atoms with van der Waals surface area (Å²) in [7, 11) is 0. The molecule has 0 aromatic heterocycles. The highest BCUT2D eigenvalue weighted by Gasteiger charge is 2.63. The number of ether oxygens (including phenoxy) is 2. The average molecular weight is 399 g/mol. The second-order valence-electron chi connectivity index (χ2n) is 8.77. The molecule has 29 heavy (non-hydrogen) atoms. The summed E-state index contributed by atoms with van der Waals surface area (Å²) in [6.07, 6.45) is 2.24. The SMILES string of the molecule is CC(=O)NC[C@H]1[C@H]2CN(C(=O)c3ccccc3N3CCOCC3)C[C@]23CC[C@H]1O3. The molecule has 1 aromatic carbocycles. The van der Waals surface area contributed by atoms with E-state index in [2.05, 4.69) is 10.2 Å². The summed E-state index contributed by atoms with van der Waals surface area (Å²) in [6.45, 7) is 6.55. The third-order valence-corrected chi connectivity index (χ3v) is 7.14. The van der Waals surface area contributed by atoms with E-state index in [0.717, 1.165) is 37.2 Å². The lowest BCUT2D eigenvalue weighted by Crippen LogP contribution is -2.41. The highest BCUT2D eigenvalue weighted by Crippen LogP contribution is 2.54. The molecule has 4 fully saturated rings. The zero-order valence-corrected chi connectivity index (χ0v) is 16.9. The Hall–Kier alpha value is -2.12. The van der Waals surface area contributed by atoms with E-state index in [4.69, 9.17) is 9.47 Å². The lowest BCUT2D eigenvalue weighted by atomic mass is 9.73. The second-order valence-corrected chi connectivity index (χ2v) is 8.77. The Labute approximate surface area is 171 Å². The molecule has 4 atom stereocenters. The van der Waals surface area contributed by atoms with Gasteiger partial charge >= 0.3 is 0 Å². The molecule has 4 aliphatic rings. The molecule has 0 saturated carbocycles. The molecule has 5 rings (SSSR count). The summed E-state index contributed by atoms with van der Waals surface area (Å²) in [5.74, 6) is 0.668. The summed E-state index contributed by atoms with van der Waals surface area (Å²) in [5.41, 5.74) is 1.53. The van der Waals surface area contributed by atoms with Gasteiger partial charge in [-0.25, -0.2) is 0 Å². The van der Waals surface area contributed by atoms with Gasteiger partial charge in [-0.3, -0.25) is 9.59 Å². The monoisotopic (exact) mass is 399 g/mol. The number of carbonyl (C=O) groups is 2. The van der Waals surface area contributed by atoms with Crippen molar-refractivity contribution in [3.05, 3.63) is 29.8 Å². The van der Waals surface area contributed by atoms with Gasteiger partial charge in [0.25, 0.3) is 5.91 Å². The smallest absolute Gasteiger partial charge is 0.256 e. The fraction of sp³-hybridized carbons (Fsp3) is 0.636. The Kier molecular flexibility index (Phi) is 4.75. The number of nitrogens with one attached hydrogen (secondary N) is 1. The van der Waals surface area contributed by atoms with Crippen LogP contribution in [0, 0.1) is 11.8 Å². The van der Waals surface area contributed by atoms with Crippen molar-refractivity contribution < 1.29 is 19.1 Å². The number of likely N-dealkylation sites (tertiary alicyclic amines) is 1. The first-order valence-electron chi connectivity index (χ1n) is 10.7. The van der Waals surface area contributed by atoms with Crippen molar-refractivity contribution in [1.82, 2.24) is 10.2 Å². The minimum Gasteiger partial charge on any atom is -0.378 e. The van der Waals surface area contributed by atoms with Crippen LogP contribution in [0.4, 0.5) is 5.69 Å². The Balaban J connectivity index is 1.36. The van der Waals surface area contributed by atoms with E-state index < -0.39 is 0 Å². The first kappa shape index (κ1) is 18.9. The first-order valence-corrected chi connectivity index (χ1v) is 10.7. The number of amides is 2. The molecular formula is C22H29N3O4. The minimum atomic E-state index is -0.225. The number of anilines is 1. The summed E-state index contributed by atoms with van der Waals surface area (Å²) in [5, 5.41) is 2.97. The molecule has 156 valence electrons. The van der Waals surface area contributed by atoms with Crippen LogP contribution >= 0.6 is 0 Å². The van der Waals surface area contributed by atoms with Gasteiger partial charge in [-0.1, -0.05) is 12.1 Å². The fourth-order valence-electron chi connectivity index (χ4n) is 5.78. The number of hydrogen-bond acceptors (Lipinski definition) is 5. The number of para-hydroxylation sites is 1. The van der Waals surface area contributed by atoms with Crippen LogP contribution in [0.3, 0.4) is 0 Å². The molecule has 1 N–H and O–H groups in total. The number of carbonyl (C=O) groups excluding carboxylic acids is 2. The van der Waals surface area contributed by atoms with E-state index in [1.807, 2.05) is 29.2 Å². The van der Waals surface area contributed by atoms with Crippen LogP contribution in [-0.4, -0.2) is 74.4 Å². The van der Waals surface area contributed by atoms with Crippen molar-refractivity contribution in [1.29, 1.82) is 0 Å². The van der Waals surface area contributed by atoms with Gasteiger partial charge in [0, 0.05) is 50.6 Å². The van der Waals surface area contributed by atoms with Gasteiger partial charge in [0.05, 0.1) is 37.0 Å². The average Bonchev–Trinajstić information content (AvgIpc) is 3.41. The normalized spacial score (nSPS) is 33.1. The first-order chi connectivity index (χ1) is 14.1. The van der Waals surface area contributed by atoms with Gasteiger partial charge < -0.3 is 24.6 Å². The highest BCUT2D eigenvalue weighted by molar-refractivity contribution is 6.00. The molecule has 0 unspecified atom stereocenters. The molecule has 0 radical (unpaired) electrons. The maximum Gasteiger partial charge on any atom is 0.256 e. The Morgan fingerprint density at radius 1 is 1.24 bits per heavy atom. The molecule has 7 heteroatoms. The number of nitrogens with zero attached hydrogens (tertiary/aromatic N) is 2. The number of hydrogen-bond donors (Lipinski definition) is 1. The quantitative estimate of drug-likeness (QED) is 0.826. The molecule has 4 saturated heterocycles. The van der Waals surface area contributed by atoms with Crippen molar-refractivity contribution >= 4 is 17.5 Å². The molecule has 0 aliphatic carbocycles. The standard InChI is InChI=1S/C22H29N3O4/c1-15(26)23-12-17-18-13-25(14-22(18)7-6-20(17)29-22)21(27)16-4-2-3-5-19(16)24-8-10-28-11-9-24/h2-5,17-18,20H,6-14H2,1H3,(H,23,26)/t17-,18+,20+,22+/m0/s1. The van der Waals surface area contributed by atoms with Crippen LogP contribution in [0.15, 0.2) is 24.3 Å². The summed E-state index contributed by atoms with van der Waals surface area (Å²) in [6, 6.07) is 7.91. The number of morpholine rings is 1. The van der Waals surface area contributed by atoms with Crippen molar-refractivity contribution in [3.63, 3.8) is 0 Å².